The number of rotatable bonds is 3. The molecule has 0 spiro atoms. The summed E-state index contributed by atoms with van der Waals surface area (Å²) in [5, 5.41) is 13.3. The maximum absolute atomic E-state index is 11.0. The Bertz CT molecular complexity index is 377. The maximum atomic E-state index is 11.0. The third kappa shape index (κ3) is 1.41. The molecule has 4 heteroatoms. The molecule has 1 heterocycles. The molecule has 0 atom stereocenters. The topological polar surface area (TPSA) is 55.1 Å². The van der Waals surface area contributed by atoms with E-state index in [1.54, 1.807) is 4.68 Å². The zero-order valence-corrected chi connectivity index (χ0v) is 8.45. The molecular formula is C10H14N2O2. The van der Waals surface area contributed by atoms with Crippen LogP contribution in [0.1, 0.15) is 24.1 Å². The molecule has 2 rings (SSSR count). The summed E-state index contributed by atoms with van der Waals surface area (Å²) in [6.45, 7) is 1.97. The second kappa shape index (κ2) is 2.83. The van der Waals surface area contributed by atoms with Gasteiger partial charge < -0.3 is 5.11 Å². The van der Waals surface area contributed by atoms with E-state index in [2.05, 4.69) is 5.10 Å². The first-order valence-electron chi connectivity index (χ1n) is 4.76. The first kappa shape index (κ1) is 9.24. The fourth-order valence-electron chi connectivity index (χ4n) is 1.77. The molecule has 0 aliphatic heterocycles. The quantitative estimate of drug-likeness (QED) is 0.784. The Morgan fingerprint density at radius 2 is 2.36 bits per heavy atom. The monoisotopic (exact) mass is 194 g/mol. The average molecular weight is 194 g/mol. The van der Waals surface area contributed by atoms with Crippen LogP contribution >= 0.6 is 0 Å². The van der Waals surface area contributed by atoms with E-state index >= 15 is 0 Å². The SMILES string of the molecule is Cc1cn(C)nc1CC1(C(=O)O)CC1. The minimum absolute atomic E-state index is 0.501. The third-order valence-corrected chi connectivity index (χ3v) is 2.93. The van der Waals surface area contributed by atoms with Gasteiger partial charge in [0.1, 0.15) is 0 Å². The number of hydrogen-bond donors (Lipinski definition) is 1. The summed E-state index contributed by atoms with van der Waals surface area (Å²) < 4.78 is 1.74. The fraction of sp³-hybridized carbons (Fsp3) is 0.600. The van der Waals surface area contributed by atoms with E-state index in [4.69, 9.17) is 5.11 Å². The van der Waals surface area contributed by atoms with E-state index in [-0.39, 0.29) is 0 Å². The molecule has 4 nitrogen and oxygen atoms in total. The zero-order valence-electron chi connectivity index (χ0n) is 8.45. The van der Waals surface area contributed by atoms with E-state index in [1.807, 2.05) is 20.2 Å². The van der Waals surface area contributed by atoms with Gasteiger partial charge in [-0.2, -0.15) is 5.10 Å². The van der Waals surface area contributed by atoms with Crippen molar-refractivity contribution in [1.29, 1.82) is 0 Å². The van der Waals surface area contributed by atoms with Gasteiger partial charge in [0.15, 0.2) is 0 Å². The molecule has 76 valence electrons. The number of aliphatic carboxylic acids is 1. The molecule has 0 bridgehead atoms. The van der Waals surface area contributed by atoms with E-state index in [0.29, 0.717) is 6.42 Å². The van der Waals surface area contributed by atoms with Gasteiger partial charge in [-0.05, 0) is 25.3 Å². The highest BCUT2D eigenvalue weighted by Crippen LogP contribution is 2.48. The predicted molar refractivity (Wildman–Crippen MR) is 51.0 cm³/mol. The lowest BCUT2D eigenvalue weighted by atomic mass is 9.99. The van der Waals surface area contributed by atoms with Crippen molar-refractivity contribution in [3.63, 3.8) is 0 Å². The van der Waals surface area contributed by atoms with Gasteiger partial charge in [0.2, 0.25) is 0 Å². The van der Waals surface area contributed by atoms with Crippen molar-refractivity contribution in [3.05, 3.63) is 17.5 Å². The summed E-state index contributed by atoms with van der Waals surface area (Å²) in [4.78, 5) is 11.0. The normalized spacial score (nSPS) is 18.1. The van der Waals surface area contributed by atoms with Crippen LogP contribution in [0.15, 0.2) is 6.20 Å². The molecule has 0 amide bonds. The van der Waals surface area contributed by atoms with Crippen molar-refractivity contribution >= 4 is 5.97 Å². The fourth-order valence-corrected chi connectivity index (χ4v) is 1.77. The number of hydrogen-bond acceptors (Lipinski definition) is 2. The highest BCUT2D eigenvalue weighted by molar-refractivity contribution is 5.78. The first-order chi connectivity index (χ1) is 6.53. The van der Waals surface area contributed by atoms with Crippen LogP contribution in [0.25, 0.3) is 0 Å². The standard InChI is InChI=1S/C10H14N2O2/c1-7-6-12(2)11-8(7)5-10(3-4-10)9(13)14/h6H,3-5H2,1-2H3,(H,13,14). The Morgan fingerprint density at radius 3 is 2.71 bits per heavy atom. The van der Waals surface area contributed by atoms with Gasteiger partial charge >= 0.3 is 5.97 Å². The number of carboxylic acids is 1. The molecule has 1 aliphatic carbocycles. The molecule has 0 aromatic carbocycles. The van der Waals surface area contributed by atoms with E-state index in [1.165, 1.54) is 0 Å². The lowest BCUT2D eigenvalue weighted by molar-refractivity contribution is -0.143. The van der Waals surface area contributed by atoms with Crippen LogP contribution in [0.3, 0.4) is 0 Å². The lowest BCUT2D eigenvalue weighted by Crippen LogP contribution is -2.18. The Labute approximate surface area is 82.5 Å². The largest absolute Gasteiger partial charge is 0.481 e. The predicted octanol–water partition coefficient (Wildman–Crippen LogP) is 1.14. The van der Waals surface area contributed by atoms with Crippen LogP contribution in [-0.2, 0) is 18.3 Å². The van der Waals surface area contributed by atoms with Crippen LogP contribution in [0, 0.1) is 12.3 Å². The Balaban J connectivity index is 2.19. The minimum Gasteiger partial charge on any atom is -0.481 e. The highest BCUT2D eigenvalue weighted by Gasteiger charge is 2.50. The molecule has 1 fully saturated rings. The van der Waals surface area contributed by atoms with E-state index in [0.717, 1.165) is 24.1 Å². The van der Waals surface area contributed by atoms with Crippen molar-refractivity contribution in [3.8, 4) is 0 Å². The molecule has 1 aromatic heterocycles. The Kier molecular flexibility index (Phi) is 1.87. The summed E-state index contributed by atoms with van der Waals surface area (Å²) in [6.07, 6.45) is 4.08. The summed E-state index contributed by atoms with van der Waals surface area (Å²) in [6, 6.07) is 0. The summed E-state index contributed by atoms with van der Waals surface area (Å²) >= 11 is 0. The second-order valence-electron chi connectivity index (χ2n) is 4.19. The third-order valence-electron chi connectivity index (χ3n) is 2.93. The minimum atomic E-state index is -0.678. The van der Waals surface area contributed by atoms with Gasteiger partial charge in [-0.25, -0.2) is 0 Å². The molecule has 0 saturated heterocycles. The van der Waals surface area contributed by atoms with Crippen LogP contribution < -0.4 is 0 Å². The van der Waals surface area contributed by atoms with Gasteiger partial charge in [0, 0.05) is 19.7 Å². The number of aromatic nitrogens is 2. The van der Waals surface area contributed by atoms with Crippen LogP contribution in [0.2, 0.25) is 0 Å². The Hall–Kier alpha value is -1.32. The molecule has 0 radical (unpaired) electrons. The van der Waals surface area contributed by atoms with Gasteiger partial charge in [-0.1, -0.05) is 0 Å². The molecule has 14 heavy (non-hydrogen) atoms. The summed E-state index contributed by atoms with van der Waals surface area (Å²) in [7, 11) is 1.86. The number of nitrogens with zero attached hydrogens (tertiary/aromatic N) is 2. The first-order valence-corrected chi connectivity index (χ1v) is 4.76. The number of aryl methyl sites for hydroxylation is 2. The second-order valence-corrected chi connectivity index (χ2v) is 4.19. The summed E-state index contributed by atoms with van der Waals surface area (Å²) in [5.41, 5.74) is 1.51. The van der Waals surface area contributed by atoms with Crippen molar-refractivity contribution in [2.75, 3.05) is 0 Å². The van der Waals surface area contributed by atoms with E-state index < -0.39 is 11.4 Å². The van der Waals surface area contributed by atoms with Crippen molar-refractivity contribution < 1.29 is 9.90 Å². The summed E-state index contributed by atoms with van der Waals surface area (Å²) in [5.74, 6) is -0.678. The van der Waals surface area contributed by atoms with Gasteiger partial charge in [-0.15, -0.1) is 0 Å². The van der Waals surface area contributed by atoms with Gasteiger partial charge in [0.25, 0.3) is 0 Å². The Morgan fingerprint density at radius 1 is 1.71 bits per heavy atom. The van der Waals surface area contributed by atoms with Gasteiger partial charge in [0.05, 0.1) is 11.1 Å². The number of carbonyl (C=O) groups is 1. The molecule has 1 N–H and O–H groups in total. The smallest absolute Gasteiger partial charge is 0.310 e. The van der Waals surface area contributed by atoms with Crippen LogP contribution in [0.5, 0.6) is 0 Å². The zero-order chi connectivity index (χ0) is 10.3. The maximum Gasteiger partial charge on any atom is 0.310 e. The molecule has 1 aromatic rings. The van der Waals surface area contributed by atoms with Gasteiger partial charge in [-0.3, -0.25) is 9.48 Å². The van der Waals surface area contributed by atoms with Crippen LogP contribution in [-0.4, -0.2) is 20.9 Å². The van der Waals surface area contributed by atoms with Crippen molar-refractivity contribution in [2.24, 2.45) is 12.5 Å². The molecule has 1 saturated carbocycles. The van der Waals surface area contributed by atoms with Crippen molar-refractivity contribution in [2.45, 2.75) is 26.2 Å². The molecule has 1 aliphatic rings. The van der Waals surface area contributed by atoms with Crippen LogP contribution in [0.4, 0.5) is 0 Å². The van der Waals surface area contributed by atoms with Crippen molar-refractivity contribution in [1.82, 2.24) is 9.78 Å². The lowest BCUT2D eigenvalue weighted by Gasteiger charge is -2.07. The highest BCUT2D eigenvalue weighted by atomic mass is 16.4. The molecular weight excluding hydrogens is 180 g/mol. The average Bonchev–Trinajstić information content (AvgIpc) is 2.77. The number of carboxylic acid groups (broad SMARTS) is 1. The van der Waals surface area contributed by atoms with E-state index in [9.17, 15) is 4.79 Å². The molecule has 0 unspecified atom stereocenters.